The lowest BCUT2D eigenvalue weighted by atomic mass is 10.0. The number of Topliss-reactive ketones (excluding diaryl/α,β-unsaturated/α-hetero) is 1. The largest absolute Gasteiger partial charge is 0.491 e. The van der Waals surface area contributed by atoms with E-state index in [9.17, 15) is 4.79 Å². The summed E-state index contributed by atoms with van der Waals surface area (Å²) in [6.07, 6.45) is 3.69. The molecule has 20 heavy (non-hydrogen) atoms. The fourth-order valence-electron chi connectivity index (χ4n) is 2.78. The minimum absolute atomic E-state index is 0.0402. The highest BCUT2D eigenvalue weighted by molar-refractivity contribution is 5.96. The summed E-state index contributed by atoms with van der Waals surface area (Å²) in [5.74, 6) is 0.722. The van der Waals surface area contributed by atoms with Gasteiger partial charge in [-0.15, -0.1) is 0 Å². The summed E-state index contributed by atoms with van der Waals surface area (Å²) in [6.45, 7) is 4.84. The molecule has 1 aliphatic rings. The van der Waals surface area contributed by atoms with E-state index in [1.54, 1.807) is 13.0 Å². The van der Waals surface area contributed by atoms with Gasteiger partial charge in [0.15, 0.2) is 5.78 Å². The first-order valence-electron chi connectivity index (χ1n) is 7.39. The van der Waals surface area contributed by atoms with E-state index >= 15 is 0 Å². The minimum Gasteiger partial charge on any atom is -0.491 e. The molecule has 2 N–H and O–H groups in total. The normalized spacial score (nSPS) is 19.8. The van der Waals surface area contributed by atoms with Crippen LogP contribution in [-0.4, -0.2) is 43.0 Å². The average molecular weight is 276 g/mol. The van der Waals surface area contributed by atoms with E-state index in [1.165, 1.54) is 19.3 Å². The van der Waals surface area contributed by atoms with Crippen LogP contribution in [0.3, 0.4) is 0 Å². The Kier molecular flexibility index (Phi) is 5.56. The SMILES string of the molecule is CC(=O)c1ccccc1OCCN1CCCCC1CN. The predicted molar refractivity (Wildman–Crippen MR) is 80.2 cm³/mol. The molecule has 0 bridgehead atoms. The zero-order valence-corrected chi connectivity index (χ0v) is 12.2. The number of hydrogen-bond acceptors (Lipinski definition) is 4. The number of benzene rings is 1. The predicted octanol–water partition coefficient (Wildman–Crippen LogP) is 2.08. The van der Waals surface area contributed by atoms with Crippen molar-refractivity contribution in [3.63, 3.8) is 0 Å². The first-order chi connectivity index (χ1) is 9.72. The van der Waals surface area contributed by atoms with E-state index in [0.717, 1.165) is 13.1 Å². The van der Waals surface area contributed by atoms with E-state index in [1.807, 2.05) is 18.2 Å². The highest BCUT2D eigenvalue weighted by Crippen LogP contribution is 2.19. The van der Waals surface area contributed by atoms with E-state index < -0.39 is 0 Å². The number of likely N-dealkylation sites (tertiary alicyclic amines) is 1. The Balaban J connectivity index is 1.88. The second-order valence-electron chi connectivity index (χ2n) is 5.32. The maximum absolute atomic E-state index is 11.5. The average Bonchev–Trinajstić information content (AvgIpc) is 2.48. The van der Waals surface area contributed by atoms with Crippen molar-refractivity contribution in [2.24, 2.45) is 5.73 Å². The van der Waals surface area contributed by atoms with Crippen molar-refractivity contribution in [2.45, 2.75) is 32.2 Å². The van der Waals surface area contributed by atoms with E-state index in [4.69, 9.17) is 10.5 Å². The molecular weight excluding hydrogens is 252 g/mol. The van der Waals surface area contributed by atoms with Crippen LogP contribution >= 0.6 is 0 Å². The van der Waals surface area contributed by atoms with Crippen LogP contribution < -0.4 is 10.5 Å². The molecule has 4 nitrogen and oxygen atoms in total. The monoisotopic (exact) mass is 276 g/mol. The van der Waals surface area contributed by atoms with Gasteiger partial charge < -0.3 is 10.5 Å². The Hall–Kier alpha value is -1.39. The van der Waals surface area contributed by atoms with Crippen molar-refractivity contribution in [1.82, 2.24) is 4.90 Å². The molecular formula is C16H24N2O2. The third-order valence-electron chi connectivity index (χ3n) is 3.92. The molecule has 4 heteroatoms. The van der Waals surface area contributed by atoms with Crippen LogP contribution in [0.15, 0.2) is 24.3 Å². The van der Waals surface area contributed by atoms with Gasteiger partial charge in [0.2, 0.25) is 0 Å². The lowest BCUT2D eigenvalue weighted by Crippen LogP contribution is -2.45. The first kappa shape index (κ1) is 15.0. The summed E-state index contributed by atoms with van der Waals surface area (Å²) >= 11 is 0. The minimum atomic E-state index is 0.0402. The Bertz CT molecular complexity index is 448. The lowest BCUT2D eigenvalue weighted by molar-refractivity contribution is 0.100. The molecule has 0 saturated carbocycles. The zero-order chi connectivity index (χ0) is 14.4. The number of hydrogen-bond donors (Lipinski definition) is 1. The maximum Gasteiger partial charge on any atom is 0.163 e. The van der Waals surface area contributed by atoms with Crippen molar-refractivity contribution < 1.29 is 9.53 Å². The molecule has 0 spiro atoms. The van der Waals surface area contributed by atoms with Crippen LogP contribution in [0.5, 0.6) is 5.75 Å². The fourth-order valence-corrected chi connectivity index (χ4v) is 2.78. The van der Waals surface area contributed by atoms with Crippen molar-refractivity contribution in [2.75, 3.05) is 26.2 Å². The van der Waals surface area contributed by atoms with Gasteiger partial charge in [-0.05, 0) is 38.4 Å². The van der Waals surface area contributed by atoms with Gasteiger partial charge in [0, 0.05) is 19.1 Å². The number of nitrogens with zero attached hydrogens (tertiary/aromatic N) is 1. The molecule has 1 heterocycles. The summed E-state index contributed by atoms with van der Waals surface area (Å²) in [4.78, 5) is 13.9. The van der Waals surface area contributed by atoms with Gasteiger partial charge in [0.25, 0.3) is 0 Å². The van der Waals surface area contributed by atoms with Crippen molar-refractivity contribution >= 4 is 5.78 Å². The van der Waals surface area contributed by atoms with Crippen molar-refractivity contribution in [1.29, 1.82) is 0 Å². The topological polar surface area (TPSA) is 55.6 Å². The number of rotatable bonds is 6. The fraction of sp³-hybridized carbons (Fsp3) is 0.562. The second-order valence-corrected chi connectivity index (χ2v) is 5.32. The van der Waals surface area contributed by atoms with Gasteiger partial charge in [-0.2, -0.15) is 0 Å². The highest BCUT2D eigenvalue weighted by Gasteiger charge is 2.20. The molecule has 0 amide bonds. The van der Waals surface area contributed by atoms with Gasteiger partial charge in [-0.25, -0.2) is 0 Å². The van der Waals surface area contributed by atoms with Crippen LogP contribution in [0.25, 0.3) is 0 Å². The van der Waals surface area contributed by atoms with Gasteiger partial charge in [0.1, 0.15) is 12.4 Å². The van der Waals surface area contributed by atoms with Crippen LogP contribution in [-0.2, 0) is 0 Å². The first-order valence-corrected chi connectivity index (χ1v) is 7.39. The summed E-state index contributed by atoms with van der Waals surface area (Å²) in [5.41, 5.74) is 6.47. The molecule has 1 aromatic carbocycles. The van der Waals surface area contributed by atoms with Crippen LogP contribution in [0.1, 0.15) is 36.5 Å². The summed E-state index contributed by atoms with van der Waals surface area (Å²) < 4.78 is 5.79. The molecule has 0 aromatic heterocycles. The maximum atomic E-state index is 11.5. The Morgan fingerprint density at radius 2 is 2.20 bits per heavy atom. The molecule has 1 saturated heterocycles. The summed E-state index contributed by atoms with van der Waals surface area (Å²) in [7, 11) is 0. The third-order valence-corrected chi connectivity index (χ3v) is 3.92. The molecule has 0 radical (unpaired) electrons. The van der Waals surface area contributed by atoms with E-state index in [2.05, 4.69) is 4.90 Å². The molecule has 1 fully saturated rings. The number of piperidine rings is 1. The van der Waals surface area contributed by atoms with Gasteiger partial charge in [-0.3, -0.25) is 9.69 Å². The lowest BCUT2D eigenvalue weighted by Gasteiger charge is -2.34. The van der Waals surface area contributed by atoms with Crippen LogP contribution in [0.4, 0.5) is 0 Å². The Morgan fingerprint density at radius 3 is 2.95 bits per heavy atom. The van der Waals surface area contributed by atoms with Gasteiger partial charge in [0.05, 0.1) is 5.56 Å². The molecule has 2 rings (SSSR count). The quantitative estimate of drug-likeness (QED) is 0.808. The summed E-state index contributed by atoms with van der Waals surface area (Å²) in [5, 5.41) is 0. The highest BCUT2D eigenvalue weighted by atomic mass is 16.5. The molecule has 1 aliphatic heterocycles. The van der Waals surface area contributed by atoms with Gasteiger partial charge in [-0.1, -0.05) is 18.6 Å². The second kappa shape index (κ2) is 7.41. The number of ether oxygens (including phenoxy) is 1. The molecule has 0 aliphatic carbocycles. The molecule has 1 aromatic rings. The Morgan fingerprint density at radius 1 is 1.40 bits per heavy atom. The van der Waals surface area contributed by atoms with E-state index in [-0.39, 0.29) is 5.78 Å². The number of para-hydroxylation sites is 1. The molecule has 110 valence electrons. The number of carbonyl (C=O) groups is 1. The smallest absolute Gasteiger partial charge is 0.163 e. The standard InChI is InChI=1S/C16H24N2O2/c1-13(19)15-7-2-3-8-16(15)20-11-10-18-9-5-4-6-14(18)12-17/h2-3,7-8,14H,4-6,9-12,17H2,1H3. The molecule has 1 atom stereocenters. The number of ketones is 1. The molecule has 1 unspecified atom stereocenters. The van der Waals surface area contributed by atoms with E-state index in [0.29, 0.717) is 30.5 Å². The zero-order valence-electron chi connectivity index (χ0n) is 12.2. The third kappa shape index (κ3) is 3.81. The van der Waals surface area contributed by atoms with Crippen molar-refractivity contribution in [3.8, 4) is 5.75 Å². The van der Waals surface area contributed by atoms with Crippen molar-refractivity contribution in [3.05, 3.63) is 29.8 Å². The Labute approximate surface area is 120 Å². The van der Waals surface area contributed by atoms with Crippen LogP contribution in [0.2, 0.25) is 0 Å². The van der Waals surface area contributed by atoms with Crippen LogP contribution in [0, 0.1) is 0 Å². The number of nitrogens with two attached hydrogens (primary N) is 1. The number of carbonyl (C=O) groups excluding carboxylic acids is 1. The summed E-state index contributed by atoms with van der Waals surface area (Å²) in [6, 6.07) is 7.90. The van der Waals surface area contributed by atoms with Gasteiger partial charge >= 0.3 is 0 Å².